The minimum Gasteiger partial charge on any atom is -0.236 e. The van der Waals surface area contributed by atoms with Crippen LogP contribution in [0.15, 0.2) is 18.5 Å². The molecule has 7 heteroatoms. The van der Waals surface area contributed by atoms with Crippen molar-refractivity contribution < 1.29 is 18.1 Å². The number of amides is 1. The molecule has 0 saturated heterocycles. The minimum absolute atomic E-state index is 1.04. The molecule has 13 heavy (non-hydrogen) atoms. The minimum atomic E-state index is -3.27. The van der Waals surface area contributed by atoms with Crippen molar-refractivity contribution in [2.45, 2.75) is 0 Å². The lowest BCUT2D eigenvalue weighted by molar-refractivity contribution is -0.184. The molecule has 1 aromatic rings. The summed E-state index contributed by atoms with van der Waals surface area (Å²) in [5, 5.41) is 0. The Kier molecular flexibility index (Phi) is 2.57. The second-order valence-electron chi connectivity index (χ2n) is 2.09. The van der Waals surface area contributed by atoms with E-state index in [4.69, 9.17) is 0 Å². The molecule has 70 valence electrons. The first kappa shape index (κ1) is 9.59. The van der Waals surface area contributed by atoms with Crippen molar-refractivity contribution in [2.75, 3.05) is 6.67 Å². The standard InChI is InChI=1S/C6H5F3N3O/c7-4-5(13)12(8,9)6-10-2-1-3-11-6/h1-3H,4H2/q+1. The molecule has 0 bridgehead atoms. The van der Waals surface area contributed by atoms with Crippen LogP contribution < -0.4 is 4.93 Å². The molecule has 1 heterocycles. The van der Waals surface area contributed by atoms with E-state index in [1.54, 1.807) is 0 Å². The quantitative estimate of drug-likeness (QED) is 0.657. The van der Waals surface area contributed by atoms with E-state index in [9.17, 15) is 18.1 Å². The Morgan fingerprint density at radius 2 is 1.92 bits per heavy atom. The Hall–Kier alpha value is -1.50. The van der Waals surface area contributed by atoms with Gasteiger partial charge in [0.05, 0.1) is 8.96 Å². The molecule has 0 aliphatic carbocycles. The summed E-state index contributed by atoms with van der Waals surface area (Å²) in [5.74, 6) is -2.93. The highest BCUT2D eigenvalue weighted by Gasteiger charge is 2.47. The van der Waals surface area contributed by atoms with Gasteiger partial charge >= 0.3 is 11.9 Å². The van der Waals surface area contributed by atoms with Crippen molar-refractivity contribution >= 4 is 11.9 Å². The van der Waals surface area contributed by atoms with Crippen molar-refractivity contribution in [3.8, 4) is 0 Å². The number of carbonyl (C=O) groups excluding carboxylic acids is 1. The van der Waals surface area contributed by atoms with Gasteiger partial charge in [0.25, 0.3) is 0 Å². The number of carbonyl (C=O) groups is 1. The van der Waals surface area contributed by atoms with Crippen LogP contribution in [-0.4, -0.2) is 22.5 Å². The normalized spacial score (nSPS) is 11.3. The van der Waals surface area contributed by atoms with Crippen LogP contribution in [0.3, 0.4) is 0 Å². The van der Waals surface area contributed by atoms with E-state index in [2.05, 4.69) is 9.97 Å². The van der Waals surface area contributed by atoms with Crippen LogP contribution in [0.1, 0.15) is 0 Å². The predicted octanol–water partition coefficient (Wildman–Crippen LogP) is 1.05. The van der Waals surface area contributed by atoms with Gasteiger partial charge in [0, 0.05) is 12.4 Å². The van der Waals surface area contributed by atoms with Gasteiger partial charge in [0.15, 0.2) is 4.93 Å². The summed E-state index contributed by atoms with van der Waals surface area (Å²) in [7, 11) is 0. The van der Waals surface area contributed by atoms with Crippen molar-refractivity contribution in [1.82, 2.24) is 14.9 Å². The molecule has 1 rings (SSSR count). The van der Waals surface area contributed by atoms with Gasteiger partial charge in [-0.3, -0.25) is 0 Å². The molecular formula is C6H5F3N3O+. The lowest BCUT2D eigenvalue weighted by atomic mass is 10.6. The molecule has 0 atom stereocenters. The van der Waals surface area contributed by atoms with Crippen LogP contribution in [-0.2, 0) is 4.79 Å². The summed E-state index contributed by atoms with van der Waals surface area (Å²) in [5.41, 5.74) is 0. The van der Waals surface area contributed by atoms with E-state index >= 15 is 0 Å². The van der Waals surface area contributed by atoms with E-state index in [1.165, 1.54) is 6.07 Å². The van der Waals surface area contributed by atoms with Gasteiger partial charge in [-0.25, -0.2) is 9.18 Å². The average Bonchev–Trinajstić information content (AvgIpc) is 2.18. The topological polar surface area (TPSA) is 42.9 Å². The van der Waals surface area contributed by atoms with Gasteiger partial charge in [-0.05, 0) is 6.07 Å². The molecule has 0 radical (unpaired) electrons. The van der Waals surface area contributed by atoms with E-state index in [-0.39, 0.29) is 0 Å². The number of aromatic nitrogens is 2. The highest BCUT2D eigenvalue weighted by Crippen LogP contribution is 2.19. The third kappa shape index (κ3) is 1.81. The lowest BCUT2D eigenvalue weighted by Gasteiger charge is -2.04. The summed E-state index contributed by atoms with van der Waals surface area (Å²) >= 11 is 0. The molecule has 0 unspecified atom stereocenters. The van der Waals surface area contributed by atoms with Crippen molar-refractivity contribution in [1.29, 1.82) is 0 Å². The van der Waals surface area contributed by atoms with E-state index in [0.29, 0.717) is 0 Å². The Labute approximate surface area is 71.1 Å². The maximum atomic E-state index is 12.8. The molecular weight excluding hydrogens is 187 g/mol. The van der Waals surface area contributed by atoms with Crippen molar-refractivity contribution in [3.63, 3.8) is 0 Å². The third-order valence-electron chi connectivity index (χ3n) is 1.23. The van der Waals surface area contributed by atoms with Gasteiger partial charge in [0.1, 0.15) is 0 Å². The fourth-order valence-corrected chi connectivity index (χ4v) is 0.623. The van der Waals surface area contributed by atoms with Gasteiger partial charge in [0.2, 0.25) is 6.67 Å². The molecule has 0 aromatic carbocycles. The van der Waals surface area contributed by atoms with Crippen molar-refractivity contribution in [3.05, 3.63) is 18.5 Å². The number of halogens is 3. The first-order valence-electron chi connectivity index (χ1n) is 3.24. The Morgan fingerprint density at radius 1 is 1.38 bits per heavy atom. The molecule has 0 aliphatic heterocycles. The molecule has 0 spiro atoms. The van der Waals surface area contributed by atoms with Crippen LogP contribution in [0.5, 0.6) is 0 Å². The molecule has 0 N–H and O–H groups in total. The van der Waals surface area contributed by atoms with Crippen LogP contribution in [0, 0.1) is 0 Å². The number of hydrogen-bond donors (Lipinski definition) is 0. The first-order chi connectivity index (χ1) is 6.09. The smallest absolute Gasteiger partial charge is 0.236 e. The van der Waals surface area contributed by atoms with Crippen LogP contribution in [0.25, 0.3) is 0 Å². The summed E-state index contributed by atoms with van der Waals surface area (Å²) in [6, 6.07) is 1.31. The zero-order chi connectivity index (χ0) is 9.90. The second kappa shape index (κ2) is 3.48. The Bertz CT molecular complexity index is 303. The molecule has 4 nitrogen and oxygen atoms in total. The van der Waals surface area contributed by atoms with Gasteiger partial charge in [-0.2, -0.15) is 9.97 Å². The maximum absolute atomic E-state index is 12.8. The Morgan fingerprint density at radius 3 is 2.38 bits per heavy atom. The van der Waals surface area contributed by atoms with Gasteiger partial charge < -0.3 is 0 Å². The average molecular weight is 192 g/mol. The Balaban J connectivity index is 3.00. The summed E-state index contributed by atoms with van der Waals surface area (Å²) < 4.78 is 37.2. The number of hydrogen-bond acceptors (Lipinski definition) is 3. The highest BCUT2D eigenvalue weighted by atomic mass is 19.4. The molecule has 0 saturated carbocycles. The number of alkyl halides is 1. The number of nitrogens with zero attached hydrogens (tertiary/aromatic N) is 3. The fraction of sp³-hybridized carbons (Fsp3) is 0.167. The monoisotopic (exact) mass is 192 g/mol. The van der Waals surface area contributed by atoms with Crippen molar-refractivity contribution in [2.24, 2.45) is 0 Å². The largest absolute Gasteiger partial charge is 0.430 e. The fourth-order valence-electron chi connectivity index (χ4n) is 0.623. The molecule has 1 amide bonds. The molecule has 0 fully saturated rings. The molecule has 1 aromatic heterocycles. The third-order valence-corrected chi connectivity index (χ3v) is 1.23. The van der Waals surface area contributed by atoms with E-state index in [1.807, 2.05) is 0 Å². The molecule has 0 aliphatic rings. The summed E-state index contributed by atoms with van der Waals surface area (Å²) in [6.07, 6.45) is 2.08. The van der Waals surface area contributed by atoms with Gasteiger partial charge in [-0.1, -0.05) is 0 Å². The van der Waals surface area contributed by atoms with Crippen LogP contribution >= 0.6 is 0 Å². The van der Waals surface area contributed by atoms with Gasteiger partial charge in [-0.15, -0.1) is 0 Å². The van der Waals surface area contributed by atoms with Crippen LogP contribution in [0.4, 0.5) is 19.3 Å². The lowest BCUT2D eigenvalue weighted by Crippen LogP contribution is -2.40. The van der Waals surface area contributed by atoms with E-state index in [0.717, 1.165) is 12.4 Å². The second-order valence-corrected chi connectivity index (χ2v) is 2.09. The first-order valence-corrected chi connectivity index (χ1v) is 3.24. The summed E-state index contributed by atoms with van der Waals surface area (Å²) in [4.78, 5) is 13.4. The summed E-state index contributed by atoms with van der Waals surface area (Å²) in [6.45, 7) is -1.76. The van der Waals surface area contributed by atoms with Crippen LogP contribution in [0.2, 0.25) is 0 Å². The SMILES string of the molecule is O=C(CF)[N+](F)(F)c1ncccn1. The number of rotatable bonds is 2. The zero-order valence-electron chi connectivity index (χ0n) is 6.32. The van der Waals surface area contributed by atoms with E-state index < -0.39 is 23.5 Å². The zero-order valence-corrected chi connectivity index (χ0v) is 6.32. The number of quaternary nitrogens is 1. The highest BCUT2D eigenvalue weighted by molar-refractivity contribution is 5.84. The maximum Gasteiger partial charge on any atom is 0.430 e. The predicted molar refractivity (Wildman–Crippen MR) is 37.0 cm³/mol.